The summed E-state index contributed by atoms with van der Waals surface area (Å²) in [4.78, 5) is 0. The maximum absolute atomic E-state index is 7.11. The summed E-state index contributed by atoms with van der Waals surface area (Å²) < 4.78 is 7.11. The van der Waals surface area contributed by atoms with Crippen LogP contribution in [-0.2, 0) is 10.8 Å². The Morgan fingerprint density at radius 3 is 1.62 bits per heavy atom. The quantitative estimate of drug-likeness (QED) is 0.174. The van der Waals surface area contributed by atoms with Gasteiger partial charge in [-0.25, -0.2) is 0 Å². The van der Waals surface area contributed by atoms with Gasteiger partial charge >= 0.3 is 0 Å². The smallest absolute Gasteiger partial charge is 0.140 e. The third-order valence-corrected chi connectivity index (χ3v) is 12.1. The molecular formula is C54H36O. The van der Waals surface area contributed by atoms with Gasteiger partial charge < -0.3 is 4.74 Å². The van der Waals surface area contributed by atoms with Crippen molar-refractivity contribution in [3.8, 4) is 33.8 Å². The van der Waals surface area contributed by atoms with Gasteiger partial charge in [0, 0.05) is 16.7 Å². The Bertz CT molecular complexity index is 2850. The summed E-state index contributed by atoms with van der Waals surface area (Å²) in [6.45, 7) is 0. The predicted octanol–water partition coefficient (Wildman–Crippen LogP) is 13.4. The lowest BCUT2D eigenvalue weighted by Crippen LogP contribution is -2.34. The molecule has 1 nitrogen and oxygen atoms in total. The molecule has 55 heavy (non-hydrogen) atoms. The molecule has 1 atom stereocenters. The van der Waals surface area contributed by atoms with Crippen LogP contribution in [0, 0.1) is 0 Å². The molecule has 9 aromatic carbocycles. The lowest BCUT2D eigenvalue weighted by atomic mass is 9.63. The first-order valence-electron chi connectivity index (χ1n) is 19.1. The minimum atomic E-state index is -0.589. The Morgan fingerprint density at radius 2 is 0.873 bits per heavy atom. The predicted molar refractivity (Wildman–Crippen MR) is 225 cm³/mol. The summed E-state index contributed by atoms with van der Waals surface area (Å²) in [6.07, 6.45) is 0. The van der Waals surface area contributed by atoms with Crippen molar-refractivity contribution in [2.24, 2.45) is 0 Å². The highest BCUT2D eigenvalue weighted by atomic mass is 16.5. The van der Waals surface area contributed by atoms with Crippen molar-refractivity contribution in [1.82, 2.24) is 0 Å². The van der Waals surface area contributed by atoms with Crippen LogP contribution in [0.1, 0.15) is 44.5 Å². The van der Waals surface area contributed by atoms with Gasteiger partial charge in [0.2, 0.25) is 0 Å². The molecule has 0 bridgehead atoms. The summed E-state index contributed by atoms with van der Waals surface area (Å²) in [6, 6.07) is 79.9. The Kier molecular flexibility index (Phi) is 7.06. The molecule has 1 aliphatic carbocycles. The lowest BCUT2D eigenvalue weighted by molar-refractivity contribution is 0.436. The van der Waals surface area contributed by atoms with Crippen molar-refractivity contribution < 1.29 is 4.74 Å². The summed E-state index contributed by atoms with van der Waals surface area (Å²) in [5, 5.41) is 2.52. The molecule has 0 saturated carbocycles. The van der Waals surface area contributed by atoms with Gasteiger partial charge in [-0.1, -0.05) is 206 Å². The zero-order valence-electron chi connectivity index (χ0n) is 30.2. The average molecular weight is 701 g/mol. The van der Waals surface area contributed by atoms with E-state index in [9.17, 15) is 0 Å². The average Bonchev–Trinajstić information content (AvgIpc) is 3.58. The topological polar surface area (TPSA) is 9.23 Å². The molecule has 2 aliphatic rings. The molecular weight excluding hydrogens is 665 g/mol. The molecule has 0 radical (unpaired) electrons. The van der Waals surface area contributed by atoms with Crippen molar-refractivity contribution in [3.63, 3.8) is 0 Å². The minimum Gasteiger partial charge on any atom is -0.456 e. The zero-order valence-corrected chi connectivity index (χ0v) is 30.2. The Hall–Kier alpha value is -6.96. The molecule has 0 aromatic heterocycles. The van der Waals surface area contributed by atoms with Gasteiger partial charge in [-0.3, -0.25) is 0 Å². The van der Waals surface area contributed by atoms with E-state index in [0.717, 1.165) is 33.8 Å². The van der Waals surface area contributed by atoms with Crippen molar-refractivity contribution in [1.29, 1.82) is 0 Å². The standard InChI is InChI=1S/C54H36O/c1-4-20-39(21-5-1)53(40-22-6-2-7-23-40)48-31-14-15-33-50(48)55-52-44(29-17-32-49(52)53)38-19-16-26-42(36-38)54(41-24-8-3-9-25-41)47-30-13-12-28-45(47)46-35-34-37-18-10-11-27-43(37)51(46)54/h1-36H. The molecule has 258 valence electrons. The fraction of sp³-hybridized carbons (Fsp3) is 0.0370. The van der Waals surface area contributed by atoms with E-state index in [4.69, 9.17) is 4.74 Å². The van der Waals surface area contributed by atoms with Gasteiger partial charge in [-0.15, -0.1) is 0 Å². The number of hydrogen-bond donors (Lipinski definition) is 0. The third-order valence-electron chi connectivity index (χ3n) is 12.1. The normalized spacial score (nSPS) is 16.0. The molecule has 1 heterocycles. The highest BCUT2D eigenvalue weighted by Crippen LogP contribution is 2.60. The molecule has 1 heteroatoms. The van der Waals surface area contributed by atoms with E-state index < -0.39 is 10.8 Å². The van der Waals surface area contributed by atoms with E-state index in [-0.39, 0.29) is 0 Å². The van der Waals surface area contributed by atoms with Crippen LogP contribution in [0.15, 0.2) is 218 Å². The highest BCUT2D eigenvalue weighted by molar-refractivity contribution is 6.00. The van der Waals surface area contributed by atoms with E-state index in [1.54, 1.807) is 0 Å². The minimum absolute atomic E-state index is 0.551. The van der Waals surface area contributed by atoms with Crippen LogP contribution in [0.4, 0.5) is 0 Å². The Morgan fingerprint density at radius 1 is 0.327 bits per heavy atom. The monoisotopic (exact) mass is 700 g/mol. The van der Waals surface area contributed by atoms with Crippen LogP contribution in [-0.4, -0.2) is 0 Å². The molecule has 1 unspecified atom stereocenters. The number of para-hydroxylation sites is 2. The fourth-order valence-electron chi connectivity index (χ4n) is 9.91. The molecule has 9 aromatic rings. The van der Waals surface area contributed by atoms with Crippen molar-refractivity contribution in [2.75, 3.05) is 0 Å². The number of fused-ring (bicyclic) bond motifs is 7. The second-order valence-electron chi connectivity index (χ2n) is 14.7. The molecule has 1 aliphatic heterocycles. The van der Waals surface area contributed by atoms with Crippen molar-refractivity contribution in [2.45, 2.75) is 10.8 Å². The number of rotatable bonds is 5. The molecule has 0 spiro atoms. The Labute approximate surface area is 321 Å². The molecule has 0 N–H and O–H groups in total. The van der Waals surface area contributed by atoms with Gasteiger partial charge in [0.05, 0.1) is 10.8 Å². The van der Waals surface area contributed by atoms with Crippen LogP contribution in [0.5, 0.6) is 11.5 Å². The first-order valence-corrected chi connectivity index (χ1v) is 19.1. The third kappa shape index (κ3) is 4.41. The molecule has 11 rings (SSSR count). The number of ether oxygens (including phenoxy) is 1. The number of benzene rings is 9. The highest BCUT2D eigenvalue weighted by Gasteiger charge is 2.48. The van der Waals surface area contributed by atoms with Crippen LogP contribution < -0.4 is 4.74 Å². The molecule has 0 fully saturated rings. The largest absolute Gasteiger partial charge is 0.456 e. The first-order chi connectivity index (χ1) is 27.3. The zero-order chi connectivity index (χ0) is 36.4. The summed E-state index contributed by atoms with van der Waals surface area (Å²) in [5.74, 6) is 1.76. The SMILES string of the molecule is c1ccc(C2(c3ccccc3)c3ccccc3Oc3c(-c4cccc(C5(c6ccccc6)c6ccccc6-c6ccc7ccccc7c65)c4)cccc32)cc1. The van der Waals surface area contributed by atoms with Crippen molar-refractivity contribution >= 4 is 10.8 Å². The van der Waals surface area contributed by atoms with Crippen LogP contribution in [0.2, 0.25) is 0 Å². The van der Waals surface area contributed by atoms with Gasteiger partial charge in [-0.2, -0.15) is 0 Å². The van der Waals surface area contributed by atoms with Crippen molar-refractivity contribution in [3.05, 3.63) is 263 Å². The lowest BCUT2D eigenvalue weighted by Gasteiger charge is -2.42. The first kappa shape index (κ1) is 31.6. The van der Waals surface area contributed by atoms with Gasteiger partial charge in [-0.05, 0) is 73.0 Å². The van der Waals surface area contributed by atoms with Crippen LogP contribution >= 0.6 is 0 Å². The second kappa shape index (κ2) is 12.3. The second-order valence-corrected chi connectivity index (χ2v) is 14.7. The van der Waals surface area contributed by atoms with Gasteiger partial charge in [0.15, 0.2) is 0 Å². The van der Waals surface area contributed by atoms with E-state index in [1.165, 1.54) is 55.3 Å². The maximum Gasteiger partial charge on any atom is 0.140 e. The van der Waals surface area contributed by atoms with E-state index in [0.29, 0.717) is 0 Å². The maximum atomic E-state index is 7.11. The van der Waals surface area contributed by atoms with Gasteiger partial charge in [0.25, 0.3) is 0 Å². The van der Waals surface area contributed by atoms with E-state index in [2.05, 4.69) is 218 Å². The van der Waals surface area contributed by atoms with E-state index in [1.807, 2.05) is 0 Å². The van der Waals surface area contributed by atoms with E-state index >= 15 is 0 Å². The van der Waals surface area contributed by atoms with Crippen LogP contribution in [0.3, 0.4) is 0 Å². The summed E-state index contributed by atoms with van der Waals surface area (Å²) in [5.41, 5.74) is 13.4. The van der Waals surface area contributed by atoms with Crippen LogP contribution in [0.25, 0.3) is 33.0 Å². The fourth-order valence-corrected chi connectivity index (χ4v) is 9.91. The molecule has 0 amide bonds. The van der Waals surface area contributed by atoms with Gasteiger partial charge in [0.1, 0.15) is 11.5 Å². The number of hydrogen-bond acceptors (Lipinski definition) is 1. The summed E-state index contributed by atoms with van der Waals surface area (Å²) in [7, 11) is 0. The molecule has 0 saturated heterocycles. The Balaban J connectivity index is 1.21. The summed E-state index contributed by atoms with van der Waals surface area (Å²) >= 11 is 0.